The molecule has 0 atom stereocenters. The van der Waals surface area contributed by atoms with Crippen LogP contribution in [0.25, 0.3) is 0 Å². The van der Waals surface area contributed by atoms with Crippen LogP contribution in [0.1, 0.15) is 24.2 Å². The van der Waals surface area contributed by atoms with Gasteiger partial charge in [-0.2, -0.15) is 0 Å². The Morgan fingerprint density at radius 3 is 2.50 bits per heavy atom. The number of urea groups is 1. The van der Waals surface area contributed by atoms with Gasteiger partial charge in [-0.1, -0.05) is 17.7 Å². The quantitative estimate of drug-likeness (QED) is 0.659. The van der Waals surface area contributed by atoms with Crippen LogP contribution in [0.15, 0.2) is 30.3 Å². The zero-order chi connectivity index (χ0) is 22.0. The average Bonchev–Trinajstić information content (AvgIpc) is 2.64. The normalized spacial score (nSPS) is 13.8. The van der Waals surface area contributed by atoms with Crippen LogP contribution in [0, 0.1) is 11.6 Å². The van der Waals surface area contributed by atoms with Crippen molar-refractivity contribution in [3.05, 3.63) is 52.6 Å². The number of anilines is 2. The number of hydrogen-bond acceptors (Lipinski definition) is 4. The maximum absolute atomic E-state index is 14.6. The molecule has 2 aromatic carbocycles. The third kappa shape index (κ3) is 4.80. The molecule has 1 aliphatic rings. The summed E-state index contributed by atoms with van der Waals surface area (Å²) in [5.41, 5.74) is -0.635. The molecule has 0 aromatic heterocycles. The Kier molecular flexibility index (Phi) is 6.42. The second-order valence-corrected chi connectivity index (χ2v) is 7.44. The zero-order valence-corrected chi connectivity index (χ0v) is 17.0. The Labute approximate surface area is 176 Å². The van der Waals surface area contributed by atoms with Gasteiger partial charge in [0.25, 0.3) is 5.91 Å². The Bertz CT molecular complexity index is 961. The molecule has 3 rings (SSSR count). The summed E-state index contributed by atoms with van der Waals surface area (Å²) in [5, 5.41) is 14.0. The van der Waals surface area contributed by atoms with Crippen LogP contribution in [-0.2, 0) is 0 Å². The smallest absolute Gasteiger partial charge is 0.322 e. The second-order valence-electron chi connectivity index (χ2n) is 7.03. The Balaban J connectivity index is 1.88. The highest BCUT2D eigenvalue weighted by atomic mass is 35.5. The van der Waals surface area contributed by atoms with E-state index in [1.807, 2.05) is 0 Å². The van der Waals surface area contributed by atoms with E-state index in [1.54, 1.807) is 13.8 Å². The SMILES string of the molecule is CC(C)Oc1cc(NC(=O)N2CC(O)C2)c(F)cc1C(=O)Nc1c(F)cccc1Cl. The maximum Gasteiger partial charge on any atom is 0.322 e. The summed E-state index contributed by atoms with van der Waals surface area (Å²) < 4.78 is 34.2. The third-order valence-electron chi connectivity index (χ3n) is 4.27. The molecule has 3 N–H and O–H groups in total. The predicted octanol–water partition coefficient (Wildman–Crippen LogP) is 3.87. The number of rotatable bonds is 5. The van der Waals surface area contributed by atoms with Crippen molar-refractivity contribution >= 4 is 34.9 Å². The van der Waals surface area contributed by atoms with Crippen molar-refractivity contribution < 1.29 is 28.2 Å². The third-order valence-corrected chi connectivity index (χ3v) is 4.58. The van der Waals surface area contributed by atoms with Crippen molar-refractivity contribution in [2.24, 2.45) is 0 Å². The second kappa shape index (κ2) is 8.85. The summed E-state index contributed by atoms with van der Waals surface area (Å²) >= 11 is 5.93. The molecule has 0 unspecified atom stereocenters. The van der Waals surface area contributed by atoms with Crippen LogP contribution in [-0.4, -0.2) is 47.2 Å². The van der Waals surface area contributed by atoms with Gasteiger partial charge in [-0.3, -0.25) is 4.79 Å². The number of amides is 3. The number of carbonyl (C=O) groups excluding carboxylic acids is 2. The number of carbonyl (C=O) groups is 2. The first-order chi connectivity index (χ1) is 14.2. The Morgan fingerprint density at radius 1 is 1.20 bits per heavy atom. The minimum Gasteiger partial charge on any atom is -0.490 e. The van der Waals surface area contributed by atoms with E-state index < -0.39 is 29.7 Å². The van der Waals surface area contributed by atoms with Gasteiger partial charge in [-0.05, 0) is 32.0 Å². The molecule has 1 fully saturated rings. The minimum absolute atomic E-state index is 0.00435. The number of likely N-dealkylation sites (tertiary alicyclic amines) is 1. The van der Waals surface area contributed by atoms with E-state index in [9.17, 15) is 23.5 Å². The van der Waals surface area contributed by atoms with Crippen molar-refractivity contribution in [2.75, 3.05) is 23.7 Å². The molecule has 1 saturated heterocycles. The van der Waals surface area contributed by atoms with Gasteiger partial charge in [0.1, 0.15) is 17.4 Å². The predicted molar refractivity (Wildman–Crippen MR) is 108 cm³/mol. The largest absolute Gasteiger partial charge is 0.490 e. The number of aliphatic hydroxyl groups excluding tert-OH is 1. The maximum atomic E-state index is 14.6. The number of halogens is 3. The Morgan fingerprint density at radius 2 is 1.90 bits per heavy atom. The molecular formula is C20H20ClF2N3O4. The monoisotopic (exact) mass is 439 g/mol. The van der Waals surface area contributed by atoms with E-state index in [4.69, 9.17) is 16.3 Å². The number of ether oxygens (including phenoxy) is 1. The molecule has 0 spiro atoms. The van der Waals surface area contributed by atoms with E-state index in [0.29, 0.717) is 0 Å². The van der Waals surface area contributed by atoms with Crippen LogP contribution in [0.2, 0.25) is 5.02 Å². The fourth-order valence-corrected chi connectivity index (χ4v) is 3.00. The first kappa shape index (κ1) is 21.8. The van der Waals surface area contributed by atoms with E-state index in [0.717, 1.165) is 12.1 Å². The highest BCUT2D eigenvalue weighted by Crippen LogP contribution is 2.31. The molecule has 2 aromatic rings. The summed E-state index contributed by atoms with van der Waals surface area (Å²) in [7, 11) is 0. The number of para-hydroxylation sites is 1. The lowest BCUT2D eigenvalue weighted by atomic mass is 10.1. The number of benzene rings is 2. The van der Waals surface area contributed by atoms with Gasteiger partial charge in [0.2, 0.25) is 0 Å². The topological polar surface area (TPSA) is 90.9 Å². The average molecular weight is 440 g/mol. The molecule has 30 heavy (non-hydrogen) atoms. The van der Waals surface area contributed by atoms with E-state index in [2.05, 4.69) is 10.6 Å². The summed E-state index contributed by atoms with van der Waals surface area (Å²) in [4.78, 5) is 26.1. The van der Waals surface area contributed by atoms with E-state index in [-0.39, 0.29) is 46.9 Å². The van der Waals surface area contributed by atoms with Crippen molar-refractivity contribution in [3.63, 3.8) is 0 Å². The standard InChI is InChI=1S/C20H20ClF2N3O4/c1-10(2)30-17-7-16(24-20(29)26-8-11(27)9-26)15(23)6-12(17)19(28)25-18-13(21)4-3-5-14(18)22/h3-7,10-11,27H,8-9H2,1-2H3,(H,24,29)(H,25,28). The molecular weight excluding hydrogens is 420 g/mol. The first-order valence-electron chi connectivity index (χ1n) is 9.15. The van der Waals surface area contributed by atoms with Crippen LogP contribution < -0.4 is 15.4 Å². The molecule has 1 heterocycles. The van der Waals surface area contributed by atoms with Crippen molar-refractivity contribution in [3.8, 4) is 5.75 Å². The van der Waals surface area contributed by atoms with Crippen molar-refractivity contribution in [1.29, 1.82) is 0 Å². The van der Waals surface area contributed by atoms with Crippen LogP contribution >= 0.6 is 11.6 Å². The molecule has 0 radical (unpaired) electrons. The van der Waals surface area contributed by atoms with Crippen LogP contribution in [0.3, 0.4) is 0 Å². The minimum atomic E-state index is -0.884. The lowest BCUT2D eigenvalue weighted by molar-refractivity contribution is 0.0308. The molecule has 1 aliphatic heterocycles. The lowest BCUT2D eigenvalue weighted by Gasteiger charge is -2.35. The number of nitrogens with zero attached hydrogens (tertiary/aromatic N) is 1. The van der Waals surface area contributed by atoms with Crippen molar-refractivity contribution in [1.82, 2.24) is 4.90 Å². The van der Waals surface area contributed by atoms with Gasteiger partial charge in [0.05, 0.1) is 47.3 Å². The van der Waals surface area contributed by atoms with Gasteiger partial charge >= 0.3 is 6.03 Å². The molecule has 10 heteroatoms. The van der Waals surface area contributed by atoms with Crippen LogP contribution in [0.5, 0.6) is 5.75 Å². The fraction of sp³-hybridized carbons (Fsp3) is 0.300. The van der Waals surface area contributed by atoms with Crippen LogP contribution in [0.4, 0.5) is 25.0 Å². The van der Waals surface area contributed by atoms with Gasteiger partial charge in [0, 0.05) is 6.07 Å². The molecule has 0 aliphatic carbocycles. The van der Waals surface area contributed by atoms with Gasteiger partial charge in [-0.25, -0.2) is 13.6 Å². The molecule has 7 nitrogen and oxygen atoms in total. The summed E-state index contributed by atoms with van der Waals surface area (Å²) in [6.45, 7) is 3.70. The summed E-state index contributed by atoms with van der Waals surface area (Å²) in [5.74, 6) is -2.47. The van der Waals surface area contributed by atoms with Gasteiger partial charge < -0.3 is 25.4 Å². The number of nitrogens with one attached hydrogen (secondary N) is 2. The fourth-order valence-electron chi connectivity index (χ4n) is 2.79. The molecule has 0 saturated carbocycles. The lowest BCUT2D eigenvalue weighted by Crippen LogP contribution is -2.54. The molecule has 160 valence electrons. The summed E-state index contributed by atoms with van der Waals surface area (Å²) in [6.07, 6.45) is -0.968. The van der Waals surface area contributed by atoms with E-state index >= 15 is 0 Å². The Hall–Kier alpha value is -2.91. The van der Waals surface area contributed by atoms with Gasteiger partial charge in [0.15, 0.2) is 0 Å². The van der Waals surface area contributed by atoms with E-state index in [1.165, 1.54) is 23.1 Å². The summed E-state index contributed by atoms with van der Waals surface area (Å²) in [6, 6.07) is 5.39. The number of β-amino-alcohol motifs (C(OH)–C–C–N with tert-alkyl or cyclic N) is 1. The van der Waals surface area contributed by atoms with Gasteiger partial charge in [-0.15, -0.1) is 0 Å². The highest BCUT2D eigenvalue weighted by molar-refractivity contribution is 6.34. The molecule has 3 amide bonds. The highest BCUT2D eigenvalue weighted by Gasteiger charge is 2.29. The first-order valence-corrected chi connectivity index (χ1v) is 9.53. The molecule has 0 bridgehead atoms. The number of hydrogen-bond donors (Lipinski definition) is 3. The number of aliphatic hydroxyl groups is 1. The zero-order valence-electron chi connectivity index (χ0n) is 16.2. The van der Waals surface area contributed by atoms with Crippen molar-refractivity contribution in [2.45, 2.75) is 26.1 Å².